The molecule has 0 aliphatic rings. The van der Waals surface area contributed by atoms with Gasteiger partial charge in [-0.05, 0) is 126 Å². The molecule has 0 fully saturated rings. The Bertz CT molecular complexity index is 1740. The molecule has 0 atom stereocenters. The van der Waals surface area contributed by atoms with Gasteiger partial charge in [0.15, 0.2) is 14.7 Å². The Morgan fingerprint density at radius 3 is 1.60 bits per heavy atom. The quantitative estimate of drug-likeness (QED) is 0.114. The molecule has 0 aliphatic heterocycles. The van der Waals surface area contributed by atoms with Gasteiger partial charge in [-0.15, -0.1) is 0 Å². The average molecular weight is 672 g/mol. The molecule has 5 rings (SSSR count). The summed E-state index contributed by atoms with van der Waals surface area (Å²) in [4.78, 5) is 7.76. The van der Waals surface area contributed by atoms with E-state index < -0.39 is 10.1 Å². The predicted molar refractivity (Wildman–Crippen MR) is 185 cm³/mol. The SMILES string of the molecule is CC(C)(C)Oc1ccc([S+](c2ccc(OC(C)(C)C)cc2)c2cccc(OCc3ccccn3)c2)cc1.O=S(=O)([O-])c1ccccc1. The van der Waals surface area contributed by atoms with Gasteiger partial charge in [0.05, 0.1) is 21.5 Å². The molecular weight excluding hydrogens is 631 g/mol. The van der Waals surface area contributed by atoms with Crippen molar-refractivity contribution in [3.8, 4) is 17.2 Å². The minimum absolute atomic E-state index is 0.185. The number of ether oxygens (including phenoxy) is 3. The van der Waals surface area contributed by atoms with Crippen LogP contribution in [-0.4, -0.2) is 29.2 Å². The summed E-state index contributed by atoms with van der Waals surface area (Å²) in [5, 5.41) is 0. The topological polar surface area (TPSA) is 97.8 Å². The van der Waals surface area contributed by atoms with Crippen molar-refractivity contribution >= 4 is 21.0 Å². The Hall–Kier alpha value is -4.31. The number of aromatic nitrogens is 1. The first-order chi connectivity index (χ1) is 22.2. The molecule has 0 N–H and O–H groups in total. The van der Waals surface area contributed by atoms with Crippen LogP contribution in [0.3, 0.4) is 0 Å². The first kappa shape index (κ1) is 35.5. The monoisotopic (exact) mass is 671 g/mol. The fraction of sp³-hybridized carbons (Fsp3) is 0.237. The third-order valence-electron chi connectivity index (χ3n) is 6.15. The first-order valence-corrected chi connectivity index (χ1v) is 17.8. The predicted octanol–water partition coefficient (Wildman–Crippen LogP) is 8.70. The van der Waals surface area contributed by atoms with Gasteiger partial charge >= 0.3 is 0 Å². The lowest BCUT2D eigenvalue weighted by molar-refractivity contribution is 0.130. The van der Waals surface area contributed by atoms with E-state index in [1.165, 1.54) is 39.0 Å². The summed E-state index contributed by atoms with van der Waals surface area (Å²) < 4.78 is 49.1. The summed E-state index contributed by atoms with van der Waals surface area (Å²) in [6.07, 6.45) is 1.78. The second-order valence-corrected chi connectivity index (χ2v) is 15.9. The van der Waals surface area contributed by atoms with Gasteiger partial charge in [-0.25, -0.2) is 8.42 Å². The summed E-state index contributed by atoms with van der Waals surface area (Å²) in [5.41, 5.74) is 0.410. The Kier molecular flexibility index (Phi) is 11.7. The molecule has 7 nitrogen and oxygen atoms in total. The summed E-state index contributed by atoms with van der Waals surface area (Å²) in [5.74, 6) is 2.54. The smallest absolute Gasteiger partial charge is 0.170 e. The van der Waals surface area contributed by atoms with Gasteiger partial charge in [-0.2, -0.15) is 0 Å². The molecule has 5 aromatic rings. The number of hydrogen-bond acceptors (Lipinski definition) is 7. The fourth-order valence-corrected chi connectivity index (χ4v) is 6.89. The van der Waals surface area contributed by atoms with Crippen LogP contribution in [0.5, 0.6) is 17.2 Å². The zero-order valence-corrected chi connectivity index (χ0v) is 29.2. The summed E-state index contributed by atoms with van der Waals surface area (Å²) >= 11 is 0. The van der Waals surface area contributed by atoms with Gasteiger partial charge in [0.1, 0.15) is 45.2 Å². The normalized spacial score (nSPS) is 11.7. The molecular formula is C38H41NO6S2. The highest BCUT2D eigenvalue weighted by Crippen LogP contribution is 2.35. The molecule has 1 heterocycles. The molecule has 4 aromatic carbocycles. The van der Waals surface area contributed by atoms with Crippen LogP contribution in [0, 0.1) is 0 Å². The van der Waals surface area contributed by atoms with Crippen LogP contribution in [-0.2, 0) is 27.6 Å². The van der Waals surface area contributed by atoms with E-state index in [-0.39, 0.29) is 27.0 Å². The number of rotatable bonds is 9. The molecule has 0 amide bonds. The third-order valence-corrected chi connectivity index (χ3v) is 9.21. The van der Waals surface area contributed by atoms with Crippen LogP contribution >= 0.6 is 0 Å². The van der Waals surface area contributed by atoms with Crippen molar-refractivity contribution in [3.05, 3.63) is 133 Å². The average Bonchev–Trinajstić information content (AvgIpc) is 3.02. The molecule has 47 heavy (non-hydrogen) atoms. The first-order valence-electron chi connectivity index (χ1n) is 15.1. The minimum Gasteiger partial charge on any atom is -0.744 e. The Morgan fingerprint density at radius 2 is 1.15 bits per heavy atom. The van der Waals surface area contributed by atoms with E-state index in [9.17, 15) is 13.0 Å². The Balaban J connectivity index is 0.000000427. The molecule has 0 saturated carbocycles. The van der Waals surface area contributed by atoms with E-state index in [2.05, 4.69) is 113 Å². The number of nitrogens with zero attached hydrogens (tertiary/aromatic N) is 1. The highest BCUT2D eigenvalue weighted by molar-refractivity contribution is 7.97. The van der Waals surface area contributed by atoms with Gasteiger partial charge < -0.3 is 18.8 Å². The second-order valence-electron chi connectivity index (χ2n) is 12.5. The third kappa shape index (κ3) is 11.8. The molecule has 246 valence electrons. The van der Waals surface area contributed by atoms with Crippen LogP contribution < -0.4 is 14.2 Å². The zero-order valence-electron chi connectivity index (χ0n) is 27.5. The summed E-state index contributed by atoms with van der Waals surface area (Å²) in [7, 11) is -4.60. The number of pyridine rings is 1. The lowest BCUT2D eigenvalue weighted by Gasteiger charge is -2.21. The van der Waals surface area contributed by atoms with E-state index in [0.717, 1.165) is 22.9 Å². The Labute approximate surface area is 281 Å². The summed E-state index contributed by atoms with van der Waals surface area (Å²) in [6.45, 7) is 12.8. The van der Waals surface area contributed by atoms with Gasteiger partial charge in [0.2, 0.25) is 0 Å². The van der Waals surface area contributed by atoms with Crippen molar-refractivity contribution in [2.75, 3.05) is 0 Å². The number of hydrogen-bond donors (Lipinski definition) is 0. The van der Waals surface area contributed by atoms with E-state index in [0.29, 0.717) is 6.61 Å². The minimum atomic E-state index is -4.25. The maximum Gasteiger partial charge on any atom is 0.170 e. The standard InChI is InChI=1S/C32H36NO3S.C6H6O3S/c1-31(2,3)35-25-13-17-28(18-14-25)37(29-19-15-26(16-20-29)36-32(4,5)6)30-12-9-11-27(22-30)34-23-24-10-7-8-21-33-24;7-10(8,9)6-4-2-1-3-5-6/h7-22H,23H2,1-6H3;1-5H,(H,7,8,9)/q+1;/p-1. The molecule has 0 radical (unpaired) electrons. The van der Waals surface area contributed by atoms with Crippen LogP contribution in [0.1, 0.15) is 47.2 Å². The number of benzene rings is 4. The highest BCUT2D eigenvalue weighted by atomic mass is 32.2. The van der Waals surface area contributed by atoms with E-state index in [1.54, 1.807) is 12.3 Å². The maximum absolute atomic E-state index is 10.3. The molecule has 0 saturated heterocycles. The van der Waals surface area contributed by atoms with Crippen molar-refractivity contribution in [3.63, 3.8) is 0 Å². The van der Waals surface area contributed by atoms with Crippen molar-refractivity contribution in [1.29, 1.82) is 0 Å². The van der Waals surface area contributed by atoms with Crippen LogP contribution in [0.4, 0.5) is 0 Å². The fourth-order valence-electron chi connectivity index (χ4n) is 4.32. The van der Waals surface area contributed by atoms with Crippen LogP contribution in [0.2, 0.25) is 0 Å². The molecule has 9 heteroatoms. The molecule has 0 aliphatic carbocycles. The maximum atomic E-state index is 10.3. The van der Waals surface area contributed by atoms with Crippen molar-refractivity contribution in [2.45, 2.75) is 78.9 Å². The molecule has 0 bridgehead atoms. The lowest BCUT2D eigenvalue weighted by Crippen LogP contribution is -2.23. The van der Waals surface area contributed by atoms with Crippen LogP contribution in [0.15, 0.2) is 147 Å². The van der Waals surface area contributed by atoms with Gasteiger partial charge in [-0.3, -0.25) is 4.98 Å². The molecule has 1 aromatic heterocycles. The molecule has 0 spiro atoms. The van der Waals surface area contributed by atoms with Gasteiger partial charge in [0, 0.05) is 12.3 Å². The summed E-state index contributed by atoms with van der Waals surface area (Å²) in [6, 6.07) is 38.2. The van der Waals surface area contributed by atoms with E-state index >= 15 is 0 Å². The zero-order chi connectivity index (χ0) is 34.1. The molecule has 0 unspecified atom stereocenters. The van der Waals surface area contributed by atoms with E-state index in [4.69, 9.17) is 14.2 Å². The van der Waals surface area contributed by atoms with Gasteiger partial charge in [-0.1, -0.05) is 30.3 Å². The van der Waals surface area contributed by atoms with E-state index in [1.807, 2.05) is 24.3 Å². The highest BCUT2D eigenvalue weighted by Gasteiger charge is 2.30. The van der Waals surface area contributed by atoms with Crippen molar-refractivity contribution < 1.29 is 27.2 Å². The second kappa shape index (κ2) is 15.5. The van der Waals surface area contributed by atoms with Crippen molar-refractivity contribution in [2.24, 2.45) is 0 Å². The largest absolute Gasteiger partial charge is 0.744 e. The van der Waals surface area contributed by atoms with Crippen LogP contribution in [0.25, 0.3) is 0 Å². The van der Waals surface area contributed by atoms with Gasteiger partial charge in [0.25, 0.3) is 0 Å². The van der Waals surface area contributed by atoms with Crippen molar-refractivity contribution in [1.82, 2.24) is 4.98 Å². The lowest BCUT2D eigenvalue weighted by atomic mass is 10.2. The Morgan fingerprint density at radius 1 is 0.617 bits per heavy atom.